The summed E-state index contributed by atoms with van der Waals surface area (Å²) in [6.45, 7) is 5.22. The third-order valence-electron chi connectivity index (χ3n) is 2.78. The van der Waals surface area contributed by atoms with Crippen LogP contribution in [-0.4, -0.2) is 53.6 Å². The van der Waals surface area contributed by atoms with E-state index in [0.29, 0.717) is 0 Å². The number of hydrogen-bond acceptors (Lipinski definition) is 7. The van der Waals surface area contributed by atoms with E-state index in [4.69, 9.17) is 14.2 Å². The van der Waals surface area contributed by atoms with Gasteiger partial charge in [-0.3, -0.25) is 14.4 Å². The van der Waals surface area contributed by atoms with Crippen molar-refractivity contribution in [1.29, 1.82) is 0 Å². The van der Waals surface area contributed by atoms with E-state index in [1.165, 1.54) is 13.8 Å². The van der Waals surface area contributed by atoms with Crippen LogP contribution in [0.4, 0.5) is 0 Å². The first-order valence-corrected chi connectivity index (χ1v) is 6.17. The molecule has 2 N–H and O–H groups in total. The lowest BCUT2D eigenvalue weighted by Gasteiger charge is -2.42. The number of ether oxygens (including phenoxy) is 3. The van der Waals surface area contributed by atoms with Gasteiger partial charge in [-0.25, -0.2) is 0 Å². The quantitative estimate of drug-likeness (QED) is 0.647. The van der Waals surface area contributed by atoms with Gasteiger partial charge in [-0.1, -0.05) is 0 Å². The molecule has 0 bridgehead atoms. The van der Waals surface area contributed by atoms with E-state index in [0.717, 1.165) is 6.92 Å². The van der Waals surface area contributed by atoms with Crippen molar-refractivity contribution in [3.05, 3.63) is 0 Å². The number of aliphatic hydroxyl groups excluding tert-OH is 1. The summed E-state index contributed by atoms with van der Waals surface area (Å²) in [4.78, 5) is 33.5. The van der Waals surface area contributed by atoms with Crippen molar-refractivity contribution in [2.45, 2.75) is 58.3 Å². The molecule has 0 aromatic carbocycles. The molecule has 0 aromatic heterocycles. The van der Waals surface area contributed by atoms with Crippen LogP contribution >= 0.6 is 0 Å². The van der Waals surface area contributed by atoms with Crippen molar-refractivity contribution in [3.63, 3.8) is 0 Å². The minimum Gasteiger partial charge on any atom is -0.457 e. The van der Waals surface area contributed by atoms with Crippen LogP contribution in [0.1, 0.15) is 27.7 Å². The predicted octanol–water partition coefficient (Wildman–Crippen LogP) is -0.908. The molecule has 0 aliphatic carbocycles. The maximum absolute atomic E-state index is 11.3. The highest BCUT2D eigenvalue weighted by Gasteiger charge is 2.48. The summed E-state index contributed by atoms with van der Waals surface area (Å²) in [5.74, 6) is -1.63. The highest BCUT2D eigenvalue weighted by molar-refractivity contribution is 5.74. The molecular formula is C12H19NO7. The number of hydrogen-bond donors (Lipinski definition) is 2. The van der Waals surface area contributed by atoms with E-state index in [1.54, 1.807) is 6.92 Å². The van der Waals surface area contributed by atoms with Gasteiger partial charge in [0.25, 0.3) is 0 Å². The van der Waals surface area contributed by atoms with E-state index in [2.05, 4.69) is 5.32 Å². The third-order valence-corrected chi connectivity index (χ3v) is 2.78. The number of amides is 1. The number of nitrogens with one attached hydrogen (secondary N) is 1. The van der Waals surface area contributed by atoms with Gasteiger partial charge in [0.15, 0.2) is 18.5 Å². The van der Waals surface area contributed by atoms with Gasteiger partial charge in [-0.15, -0.1) is 0 Å². The first-order chi connectivity index (χ1) is 9.22. The highest BCUT2D eigenvalue weighted by atomic mass is 16.7. The van der Waals surface area contributed by atoms with Crippen LogP contribution < -0.4 is 5.32 Å². The number of carbonyl (C=O) groups excluding carboxylic acids is 3. The van der Waals surface area contributed by atoms with E-state index in [9.17, 15) is 19.5 Å². The molecule has 0 radical (unpaired) electrons. The zero-order valence-electron chi connectivity index (χ0n) is 11.8. The van der Waals surface area contributed by atoms with E-state index < -0.39 is 48.5 Å². The van der Waals surface area contributed by atoms with Gasteiger partial charge in [-0.2, -0.15) is 0 Å². The zero-order chi connectivity index (χ0) is 15.4. The Hall–Kier alpha value is -1.67. The molecule has 1 aliphatic heterocycles. The van der Waals surface area contributed by atoms with Crippen molar-refractivity contribution >= 4 is 17.8 Å². The molecule has 8 nitrogen and oxygen atoms in total. The standard InChI is InChI=1S/C12H19NO7/c1-5-10(19-7(3)15)9(13-6(2)14)11(12(17)18-5)20-8(4)16/h5,9-12,17H,1-4H3,(H,13,14)/t5-,9+,10-,11+,12-/m1/s1. The summed E-state index contributed by atoms with van der Waals surface area (Å²) < 4.78 is 15.2. The monoisotopic (exact) mass is 289 g/mol. The summed E-state index contributed by atoms with van der Waals surface area (Å²) in [5, 5.41) is 12.4. The van der Waals surface area contributed by atoms with Crippen LogP contribution in [0.2, 0.25) is 0 Å². The summed E-state index contributed by atoms with van der Waals surface area (Å²) in [6, 6.07) is -0.890. The molecule has 114 valence electrons. The van der Waals surface area contributed by atoms with Gasteiger partial charge < -0.3 is 24.6 Å². The van der Waals surface area contributed by atoms with Crippen molar-refractivity contribution < 1.29 is 33.7 Å². The Morgan fingerprint density at radius 2 is 1.55 bits per heavy atom. The highest BCUT2D eigenvalue weighted by Crippen LogP contribution is 2.25. The number of aliphatic hydroxyl groups is 1. The Morgan fingerprint density at radius 1 is 1.05 bits per heavy atom. The lowest BCUT2D eigenvalue weighted by molar-refractivity contribution is -0.261. The van der Waals surface area contributed by atoms with Gasteiger partial charge in [0.05, 0.1) is 6.10 Å². The molecule has 5 atom stereocenters. The first-order valence-electron chi connectivity index (χ1n) is 6.17. The van der Waals surface area contributed by atoms with Crippen molar-refractivity contribution in [3.8, 4) is 0 Å². The molecule has 0 aromatic rings. The van der Waals surface area contributed by atoms with Crippen molar-refractivity contribution in [2.24, 2.45) is 0 Å². The predicted molar refractivity (Wildman–Crippen MR) is 65.3 cm³/mol. The summed E-state index contributed by atoms with van der Waals surface area (Å²) in [6.07, 6.45) is -4.11. The van der Waals surface area contributed by atoms with Gasteiger partial charge in [0.2, 0.25) is 5.91 Å². The molecular weight excluding hydrogens is 270 g/mol. The Labute approximate surface area is 116 Å². The second-order valence-electron chi connectivity index (χ2n) is 4.61. The van der Waals surface area contributed by atoms with Crippen molar-refractivity contribution in [2.75, 3.05) is 0 Å². The lowest BCUT2D eigenvalue weighted by atomic mass is 9.96. The van der Waals surface area contributed by atoms with Gasteiger partial charge >= 0.3 is 11.9 Å². The first kappa shape index (κ1) is 16.4. The largest absolute Gasteiger partial charge is 0.457 e. The average molecular weight is 289 g/mol. The maximum Gasteiger partial charge on any atom is 0.303 e. The molecule has 1 fully saturated rings. The molecule has 1 heterocycles. The summed E-state index contributed by atoms with van der Waals surface area (Å²) in [5.41, 5.74) is 0. The van der Waals surface area contributed by atoms with Gasteiger partial charge in [-0.05, 0) is 6.92 Å². The molecule has 8 heteroatoms. The lowest BCUT2D eigenvalue weighted by Crippen LogP contribution is -2.65. The Balaban J connectivity index is 3.01. The molecule has 1 aliphatic rings. The molecule has 1 rings (SSSR count). The second kappa shape index (κ2) is 6.67. The van der Waals surface area contributed by atoms with E-state index in [1.807, 2.05) is 0 Å². The molecule has 0 saturated carbocycles. The summed E-state index contributed by atoms with van der Waals surface area (Å²) in [7, 11) is 0. The van der Waals surface area contributed by atoms with Crippen LogP contribution in [0.25, 0.3) is 0 Å². The minimum atomic E-state index is -1.42. The normalized spacial score (nSPS) is 33.1. The second-order valence-corrected chi connectivity index (χ2v) is 4.61. The Morgan fingerprint density at radius 3 is 2.00 bits per heavy atom. The van der Waals surface area contributed by atoms with Gasteiger partial charge in [0.1, 0.15) is 6.04 Å². The fourth-order valence-electron chi connectivity index (χ4n) is 2.11. The number of carbonyl (C=O) groups is 3. The smallest absolute Gasteiger partial charge is 0.303 e. The Bertz CT molecular complexity index is 369. The zero-order valence-corrected chi connectivity index (χ0v) is 11.8. The van der Waals surface area contributed by atoms with E-state index >= 15 is 0 Å². The number of rotatable bonds is 3. The van der Waals surface area contributed by atoms with Gasteiger partial charge in [0, 0.05) is 20.8 Å². The third kappa shape index (κ3) is 4.17. The fourth-order valence-corrected chi connectivity index (χ4v) is 2.11. The van der Waals surface area contributed by atoms with E-state index in [-0.39, 0.29) is 0 Å². The fraction of sp³-hybridized carbons (Fsp3) is 0.750. The maximum atomic E-state index is 11.3. The SMILES string of the molecule is CC(=O)N[C@@H]1[C@H](OC(C)=O)[C@H](O)O[C@H](C)[C@H]1OC(C)=O. The molecule has 1 amide bonds. The van der Waals surface area contributed by atoms with Crippen LogP contribution in [0, 0.1) is 0 Å². The topological polar surface area (TPSA) is 111 Å². The minimum absolute atomic E-state index is 0.411. The molecule has 20 heavy (non-hydrogen) atoms. The number of esters is 2. The summed E-state index contributed by atoms with van der Waals surface area (Å²) >= 11 is 0. The van der Waals surface area contributed by atoms with Crippen LogP contribution in [0.5, 0.6) is 0 Å². The van der Waals surface area contributed by atoms with Crippen molar-refractivity contribution in [1.82, 2.24) is 5.32 Å². The molecule has 0 unspecified atom stereocenters. The molecule has 0 spiro atoms. The Kier molecular flexibility index (Phi) is 5.46. The van der Waals surface area contributed by atoms with Crippen LogP contribution in [0.3, 0.4) is 0 Å². The average Bonchev–Trinajstić information content (AvgIpc) is 2.27. The molecule has 1 saturated heterocycles. The van der Waals surface area contributed by atoms with Crippen LogP contribution in [-0.2, 0) is 28.6 Å². The van der Waals surface area contributed by atoms with Crippen LogP contribution in [0.15, 0.2) is 0 Å².